The number of hydrogen-bond donors (Lipinski definition) is 0. The zero-order valence-electron chi connectivity index (χ0n) is 12.3. The molecule has 102 valence electrons. The van der Waals surface area contributed by atoms with E-state index in [1.807, 2.05) is 0 Å². The van der Waals surface area contributed by atoms with Gasteiger partial charge in [0, 0.05) is 44.0 Å². The fraction of sp³-hybridized carbons (Fsp3) is 1.00. The van der Waals surface area contributed by atoms with Crippen molar-refractivity contribution in [3.05, 3.63) is 0 Å². The molecule has 0 N–H and O–H groups in total. The molecule has 3 heteroatoms. The second-order valence-corrected chi connectivity index (χ2v) is 7.30. The van der Waals surface area contributed by atoms with Crippen LogP contribution in [-0.2, 0) is 0 Å². The third kappa shape index (κ3) is 5.19. The van der Waals surface area contributed by atoms with Gasteiger partial charge >= 0.3 is 0 Å². The first-order chi connectivity index (χ1) is 8.04. The molecule has 2 nitrogen and oxygen atoms in total. The molecule has 1 saturated heterocycles. The summed E-state index contributed by atoms with van der Waals surface area (Å²) >= 11 is 2.09. The first kappa shape index (κ1) is 15.3. The van der Waals surface area contributed by atoms with Crippen molar-refractivity contribution in [2.45, 2.75) is 58.4 Å². The van der Waals surface area contributed by atoms with Gasteiger partial charge in [-0.3, -0.25) is 9.80 Å². The molecule has 1 unspecified atom stereocenters. The quantitative estimate of drug-likeness (QED) is 0.723. The Morgan fingerprint density at radius 3 is 2.41 bits per heavy atom. The molecule has 0 saturated carbocycles. The maximum Gasteiger partial charge on any atom is 0.0223 e. The fourth-order valence-corrected chi connectivity index (χ4v) is 3.43. The lowest BCUT2D eigenvalue weighted by Crippen LogP contribution is -2.55. The number of piperazine rings is 1. The minimum atomic E-state index is 0.701. The predicted molar refractivity (Wildman–Crippen MR) is 80.0 cm³/mol. The van der Waals surface area contributed by atoms with Crippen LogP contribution in [0, 0.1) is 0 Å². The zero-order valence-corrected chi connectivity index (χ0v) is 13.1. The zero-order chi connectivity index (χ0) is 12.8. The molecule has 0 aromatic heterocycles. The average Bonchev–Trinajstić information content (AvgIpc) is 2.28. The van der Waals surface area contributed by atoms with Crippen molar-refractivity contribution < 1.29 is 0 Å². The molecule has 1 rings (SSSR count). The number of rotatable bonds is 6. The van der Waals surface area contributed by atoms with Crippen LogP contribution in [0.3, 0.4) is 0 Å². The van der Waals surface area contributed by atoms with Gasteiger partial charge in [0.05, 0.1) is 0 Å². The summed E-state index contributed by atoms with van der Waals surface area (Å²) in [6, 6.07) is 1.47. The molecular weight excluding hydrogens is 228 g/mol. The van der Waals surface area contributed by atoms with Crippen LogP contribution in [0.25, 0.3) is 0 Å². The SMILES string of the molecule is CCC1CN(CCSC(C)C)CCN1C(C)C. The molecule has 1 atom stereocenters. The molecular formula is C14H30N2S. The molecule has 1 aliphatic heterocycles. The summed E-state index contributed by atoms with van der Waals surface area (Å²) in [5, 5.41) is 0.772. The Kier molecular flexibility index (Phi) is 6.90. The smallest absolute Gasteiger partial charge is 0.0223 e. The van der Waals surface area contributed by atoms with E-state index in [4.69, 9.17) is 0 Å². The molecule has 1 aliphatic rings. The van der Waals surface area contributed by atoms with Gasteiger partial charge in [-0.15, -0.1) is 0 Å². The van der Waals surface area contributed by atoms with Crippen LogP contribution in [0.4, 0.5) is 0 Å². The van der Waals surface area contributed by atoms with E-state index in [2.05, 4.69) is 56.2 Å². The molecule has 0 radical (unpaired) electrons. The second-order valence-electron chi connectivity index (χ2n) is 5.61. The van der Waals surface area contributed by atoms with Gasteiger partial charge in [0.25, 0.3) is 0 Å². The van der Waals surface area contributed by atoms with Crippen molar-refractivity contribution >= 4 is 11.8 Å². The predicted octanol–water partition coefficient (Wildman–Crippen LogP) is 2.93. The van der Waals surface area contributed by atoms with Crippen LogP contribution < -0.4 is 0 Å². The third-order valence-corrected chi connectivity index (χ3v) is 4.69. The van der Waals surface area contributed by atoms with E-state index in [1.165, 1.54) is 38.4 Å². The van der Waals surface area contributed by atoms with E-state index >= 15 is 0 Å². The van der Waals surface area contributed by atoms with Gasteiger partial charge in [-0.05, 0) is 25.5 Å². The van der Waals surface area contributed by atoms with Crippen LogP contribution in [0.2, 0.25) is 0 Å². The Labute approximate surface area is 112 Å². The minimum absolute atomic E-state index is 0.701. The largest absolute Gasteiger partial charge is 0.300 e. The summed E-state index contributed by atoms with van der Waals surface area (Å²) in [5.74, 6) is 1.29. The van der Waals surface area contributed by atoms with Gasteiger partial charge in [0.2, 0.25) is 0 Å². The normalized spacial score (nSPS) is 23.8. The first-order valence-electron chi connectivity index (χ1n) is 7.14. The first-order valence-corrected chi connectivity index (χ1v) is 8.19. The Bertz CT molecular complexity index is 204. The van der Waals surface area contributed by atoms with Crippen molar-refractivity contribution in [2.75, 3.05) is 31.9 Å². The molecule has 0 aromatic carbocycles. The van der Waals surface area contributed by atoms with Crippen LogP contribution >= 0.6 is 11.8 Å². The number of nitrogens with zero attached hydrogens (tertiary/aromatic N) is 2. The molecule has 0 aliphatic carbocycles. The van der Waals surface area contributed by atoms with E-state index in [0.717, 1.165) is 11.3 Å². The lowest BCUT2D eigenvalue weighted by Gasteiger charge is -2.43. The summed E-state index contributed by atoms with van der Waals surface area (Å²) in [7, 11) is 0. The third-order valence-electron chi connectivity index (χ3n) is 3.61. The maximum atomic E-state index is 2.67. The second kappa shape index (κ2) is 7.65. The Morgan fingerprint density at radius 2 is 1.88 bits per heavy atom. The molecule has 0 aromatic rings. The Balaban J connectivity index is 2.32. The highest BCUT2D eigenvalue weighted by molar-refractivity contribution is 7.99. The van der Waals surface area contributed by atoms with Gasteiger partial charge in [0.1, 0.15) is 0 Å². The van der Waals surface area contributed by atoms with Crippen molar-refractivity contribution in [1.82, 2.24) is 9.80 Å². The average molecular weight is 258 g/mol. The summed E-state index contributed by atoms with van der Waals surface area (Å²) in [4.78, 5) is 5.33. The minimum Gasteiger partial charge on any atom is -0.300 e. The standard InChI is InChI=1S/C14H30N2S/c1-6-14-11-15(9-10-17-13(4)5)7-8-16(14)12(2)3/h12-14H,6-11H2,1-5H3. The van der Waals surface area contributed by atoms with Gasteiger partial charge in [0.15, 0.2) is 0 Å². The summed E-state index contributed by atoms with van der Waals surface area (Å²) < 4.78 is 0. The van der Waals surface area contributed by atoms with Crippen molar-refractivity contribution in [3.63, 3.8) is 0 Å². The molecule has 1 fully saturated rings. The van der Waals surface area contributed by atoms with Crippen molar-refractivity contribution in [3.8, 4) is 0 Å². The highest BCUT2D eigenvalue weighted by Gasteiger charge is 2.26. The Hall–Kier alpha value is 0.270. The van der Waals surface area contributed by atoms with Gasteiger partial charge < -0.3 is 0 Å². The van der Waals surface area contributed by atoms with Gasteiger partial charge in [-0.1, -0.05) is 20.8 Å². The van der Waals surface area contributed by atoms with Crippen molar-refractivity contribution in [2.24, 2.45) is 0 Å². The molecule has 0 bridgehead atoms. The fourth-order valence-electron chi connectivity index (χ4n) is 2.60. The number of thioether (sulfide) groups is 1. The van der Waals surface area contributed by atoms with Crippen LogP contribution in [-0.4, -0.2) is 59.1 Å². The van der Waals surface area contributed by atoms with E-state index in [9.17, 15) is 0 Å². The highest BCUT2D eigenvalue weighted by atomic mass is 32.2. The van der Waals surface area contributed by atoms with Gasteiger partial charge in [-0.2, -0.15) is 11.8 Å². The summed E-state index contributed by atoms with van der Waals surface area (Å²) in [5.41, 5.74) is 0. The maximum absolute atomic E-state index is 2.67. The van der Waals surface area contributed by atoms with E-state index in [0.29, 0.717) is 6.04 Å². The molecule has 0 amide bonds. The van der Waals surface area contributed by atoms with Gasteiger partial charge in [-0.25, -0.2) is 0 Å². The molecule has 1 heterocycles. The van der Waals surface area contributed by atoms with Crippen LogP contribution in [0.1, 0.15) is 41.0 Å². The summed E-state index contributed by atoms with van der Waals surface area (Å²) in [6.07, 6.45) is 1.28. The highest BCUT2D eigenvalue weighted by Crippen LogP contribution is 2.17. The summed E-state index contributed by atoms with van der Waals surface area (Å²) in [6.45, 7) is 16.6. The topological polar surface area (TPSA) is 6.48 Å². The van der Waals surface area contributed by atoms with E-state index in [1.54, 1.807) is 0 Å². The number of hydrogen-bond acceptors (Lipinski definition) is 3. The lowest BCUT2D eigenvalue weighted by atomic mass is 10.1. The van der Waals surface area contributed by atoms with Crippen LogP contribution in [0.5, 0.6) is 0 Å². The van der Waals surface area contributed by atoms with Crippen molar-refractivity contribution in [1.29, 1.82) is 0 Å². The molecule has 17 heavy (non-hydrogen) atoms. The molecule has 0 spiro atoms. The Morgan fingerprint density at radius 1 is 1.18 bits per heavy atom. The monoisotopic (exact) mass is 258 g/mol. The van der Waals surface area contributed by atoms with Crippen LogP contribution in [0.15, 0.2) is 0 Å². The van der Waals surface area contributed by atoms with E-state index in [-0.39, 0.29) is 0 Å². The van der Waals surface area contributed by atoms with E-state index < -0.39 is 0 Å². The lowest BCUT2D eigenvalue weighted by molar-refractivity contribution is 0.0527.